The highest BCUT2D eigenvalue weighted by atomic mass is 16.6. The quantitative estimate of drug-likeness (QED) is 0.481. The van der Waals surface area contributed by atoms with Crippen LogP contribution < -0.4 is 14.8 Å². The number of nitrogens with one attached hydrogen (secondary N) is 1. The molecule has 6 nitrogen and oxygen atoms in total. The van der Waals surface area contributed by atoms with Gasteiger partial charge in [-0.2, -0.15) is 0 Å². The van der Waals surface area contributed by atoms with Gasteiger partial charge in [-0.3, -0.25) is 4.90 Å². The molecule has 0 atom stereocenters. The largest absolute Gasteiger partial charge is 0.494 e. The molecule has 1 fully saturated rings. The monoisotopic (exact) mass is 446 g/mol. The Morgan fingerprint density at radius 2 is 1.48 bits per heavy atom. The Balaban J connectivity index is 1.20. The maximum atomic E-state index is 12.0. The Morgan fingerprint density at radius 1 is 0.848 bits per heavy atom. The van der Waals surface area contributed by atoms with Crippen LogP contribution in [0.1, 0.15) is 12.0 Å². The van der Waals surface area contributed by atoms with E-state index in [0.29, 0.717) is 18.9 Å². The first-order chi connectivity index (χ1) is 16.3. The smallest absolute Gasteiger partial charge is 0.412 e. The Labute approximate surface area is 195 Å². The van der Waals surface area contributed by atoms with E-state index in [1.807, 2.05) is 66.7 Å². The summed E-state index contributed by atoms with van der Waals surface area (Å²) in [6.45, 7) is 5.86. The van der Waals surface area contributed by atoms with Gasteiger partial charge in [-0.25, -0.2) is 4.79 Å². The molecule has 0 saturated carbocycles. The average molecular weight is 447 g/mol. The zero-order chi connectivity index (χ0) is 22.7. The van der Waals surface area contributed by atoms with Gasteiger partial charge in [0, 0.05) is 26.2 Å². The molecule has 3 aromatic carbocycles. The van der Waals surface area contributed by atoms with Gasteiger partial charge in [0.1, 0.15) is 11.5 Å². The third kappa shape index (κ3) is 7.34. The lowest BCUT2D eigenvalue weighted by molar-refractivity contribution is 0.0358. The molecule has 0 aliphatic carbocycles. The minimum absolute atomic E-state index is 0.430. The van der Waals surface area contributed by atoms with Gasteiger partial charge in [0.05, 0.1) is 19.8 Å². The molecular formula is C27H30N2O4. The van der Waals surface area contributed by atoms with Gasteiger partial charge < -0.3 is 19.5 Å². The molecule has 1 N–H and O–H groups in total. The van der Waals surface area contributed by atoms with E-state index in [2.05, 4.69) is 10.2 Å². The number of hydrogen-bond donors (Lipinski definition) is 1. The van der Waals surface area contributed by atoms with Gasteiger partial charge >= 0.3 is 6.09 Å². The van der Waals surface area contributed by atoms with Crippen molar-refractivity contribution in [2.45, 2.75) is 13.0 Å². The fourth-order valence-corrected chi connectivity index (χ4v) is 3.68. The van der Waals surface area contributed by atoms with Gasteiger partial charge in [0.2, 0.25) is 0 Å². The first kappa shape index (κ1) is 22.8. The second-order valence-corrected chi connectivity index (χ2v) is 7.93. The second kappa shape index (κ2) is 12.0. The molecule has 4 rings (SSSR count). The summed E-state index contributed by atoms with van der Waals surface area (Å²) in [5.41, 5.74) is 3.15. The highest BCUT2D eigenvalue weighted by Crippen LogP contribution is 2.25. The third-order valence-corrected chi connectivity index (χ3v) is 5.52. The van der Waals surface area contributed by atoms with Crippen LogP contribution in [-0.4, -0.2) is 50.4 Å². The molecule has 172 valence electrons. The summed E-state index contributed by atoms with van der Waals surface area (Å²) in [5, 5.41) is 2.76. The number of hydrogen-bond acceptors (Lipinski definition) is 5. The predicted octanol–water partition coefficient (Wildman–Crippen LogP) is 4.74. The summed E-state index contributed by atoms with van der Waals surface area (Å²) in [6, 6.07) is 25.3. The Hall–Kier alpha value is -3.35. The maximum Gasteiger partial charge on any atom is 0.412 e. The minimum Gasteiger partial charge on any atom is -0.494 e. The molecular weight excluding hydrogens is 416 g/mol. The second-order valence-electron chi connectivity index (χ2n) is 7.93. The van der Waals surface area contributed by atoms with Crippen molar-refractivity contribution in [3.63, 3.8) is 0 Å². The van der Waals surface area contributed by atoms with Crippen LogP contribution in [0, 0.1) is 0 Å². The molecule has 0 radical (unpaired) electrons. The Morgan fingerprint density at radius 3 is 2.15 bits per heavy atom. The van der Waals surface area contributed by atoms with Crippen LogP contribution in [0.4, 0.5) is 4.79 Å². The van der Waals surface area contributed by atoms with E-state index in [-0.39, 0.29) is 0 Å². The molecule has 0 unspecified atom stereocenters. The van der Waals surface area contributed by atoms with Crippen LogP contribution in [0.2, 0.25) is 0 Å². The van der Waals surface area contributed by atoms with Crippen molar-refractivity contribution in [1.29, 1.82) is 0 Å². The molecule has 3 aromatic rings. The lowest BCUT2D eigenvalue weighted by atomic mass is 10.1. The Kier molecular flexibility index (Phi) is 8.33. The van der Waals surface area contributed by atoms with Crippen LogP contribution in [0.15, 0.2) is 78.9 Å². The normalized spacial score (nSPS) is 13.9. The fraction of sp³-hybridized carbons (Fsp3) is 0.296. The van der Waals surface area contributed by atoms with Crippen molar-refractivity contribution in [1.82, 2.24) is 10.2 Å². The lowest BCUT2D eigenvalue weighted by Crippen LogP contribution is -2.37. The number of carbonyl (C=O) groups is 1. The van der Waals surface area contributed by atoms with Crippen molar-refractivity contribution < 1.29 is 19.0 Å². The first-order valence-corrected chi connectivity index (χ1v) is 11.4. The van der Waals surface area contributed by atoms with Crippen molar-refractivity contribution in [2.24, 2.45) is 0 Å². The van der Waals surface area contributed by atoms with Gasteiger partial charge in [0.15, 0.2) is 0 Å². The number of benzene rings is 3. The number of ether oxygens (including phenoxy) is 3. The van der Waals surface area contributed by atoms with Crippen molar-refractivity contribution in [2.75, 3.05) is 39.5 Å². The lowest BCUT2D eigenvalue weighted by Gasteiger charge is -2.26. The molecule has 0 spiro atoms. The van der Waals surface area contributed by atoms with E-state index in [4.69, 9.17) is 14.2 Å². The summed E-state index contributed by atoms with van der Waals surface area (Å²) in [6.07, 6.45) is 0.531. The number of amides is 1. The number of carbonyl (C=O) groups excluding carboxylic acids is 1. The van der Waals surface area contributed by atoms with E-state index in [9.17, 15) is 4.79 Å². The first-order valence-electron chi connectivity index (χ1n) is 11.4. The third-order valence-electron chi connectivity index (χ3n) is 5.52. The topological polar surface area (TPSA) is 60.0 Å². The molecule has 0 bridgehead atoms. The standard InChI is InChI=1S/C27H30N2O4/c30-27(28-21-22-5-2-1-3-6-22)33-26-13-9-24(10-14-26)23-7-11-25(12-8-23)32-18-4-15-29-16-19-31-20-17-29/h1-3,5-14H,4,15-21H2,(H,28,30). The van der Waals surface area contributed by atoms with Gasteiger partial charge in [0.25, 0.3) is 0 Å². The molecule has 6 heteroatoms. The summed E-state index contributed by atoms with van der Waals surface area (Å²) >= 11 is 0. The van der Waals surface area contributed by atoms with E-state index >= 15 is 0 Å². The summed E-state index contributed by atoms with van der Waals surface area (Å²) in [7, 11) is 0. The minimum atomic E-state index is -0.471. The highest BCUT2D eigenvalue weighted by molar-refractivity contribution is 5.71. The SMILES string of the molecule is O=C(NCc1ccccc1)Oc1ccc(-c2ccc(OCCCN3CCOCC3)cc2)cc1. The van der Waals surface area contributed by atoms with Crippen molar-refractivity contribution in [3.05, 3.63) is 84.4 Å². The molecule has 1 saturated heterocycles. The van der Waals surface area contributed by atoms with E-state index in [1.165, 1.54) is 0 Å². The van der Waals surface area contributed by atoms with E-state index in [0.717, 1.165) is 61.7 Å². The highest BCUT2D eigenvalue weighted by Gasteiger charge is 2.09. The van der Waals surface area contributed by atoms with Gasteiger partial charge in [-0.05, 0) is 47.4 Å². The van der Waals surface area contributed by atoms with Crippen LogP contribution in [0.5, 0.6) is 11.5 Å². The molecule has 1 aliphatic heterocycles. The average Bonchev–Trinajstić information content (AvgIpc) is 2.88. The number of morpholine rings is 1. The molecule has 1 amide bonds. The zero-order valence-corrected chi connectivity index (χ0v) is 18.7. The molecule has 0 aromatic heterocycles. The van der Waals surface area contributed by atoms with Crippen molar-refractivity contribution in [3.8, 4) is 22.6 Å². The van der Waals surface area contributed by atoms with Crippen LogP contribution in [0.25, 0.3) is 11.1 Å². The molecule has 1 aliphatic rings. The van der Waals surface area contributed by atoms with Crippen LogP contribution >= 0.6 is 0 Å². The predicted molar refractivity (Wildman–Crippen MR) is 129 cm³/mol. The van der Waals surface area contributed by atoms with Gasteiger partial charge in [-0.15, -0.1) is 0 Å². The number of nitrogens with zero attached hydrogens (tertiary/aromatic N) is 1. The van der Waals surface area contributed by atoms with Crippen LogP contribution in [0.3, 0.4) is 0 Å². The number of rotatable bonds is 9. The van der Waals surface area contributed by atoms with Gasteiger partial charge in [-0.1, -0.05) is 54.6 Å². The maximum absolute atomic E-state index is 12.0. The van der Waals surface area contributed by atoms with Crippen molar-refractivity contribution >= 4 is 6.09 Å². The summed E-state index contributed by atoms with van der Waals surface area (Å²) < 4.78 is 16.6. The summed E-state index contributed by atoms with van der Waals surface area (Å²) in [4.78, 5) is 14.4. The van der Waals surface area contributed by atoms with E-state index in [1.54, 1.807) is 12.1 Å². The van der Waals surface area contributed by atoms with Crippen LogP contribution in [-0.2, 0) is 11.3 Å². The van der Waals surface area contributed by atoms with E-state index < -0.39 is 6.09 Å². The summed E-state index contributed by atoms with van der Waals surface area (Å²) in [5.74, 6) is 1.38. The fourth-order valence-electron chi connectivity index (χ4n) is 3.68. The Bertz CT molecular complexity index is 985. The molecule has 1 heterocycles. The molecule has 33 heavy (non-hydrogen) atoms. The zero-order valence-electron chi connectivity index (χ0n) is 18.7.